The molecule has 4 aromatic heterocycles. The molecule has 0 aliphatic rings. The van der Waals surface area contributed by atoms with Crippen molar-refractivity contribution in [2.24, 2.45) is 0 Å². The predicted octanol–water partition coefficient (Wildman–Crippen LogP) is 3.55. The van der Waals surface area contributed by atoms with Crippen LogP contribution in [0.3, 0.4) is 0 Å². The number of rotatable bonds is 4. The second-order valence-corrected chi connectivity index (χ2v) is 8.41. The molecule has 4 heterocycles. The van der Waals surface area contributed by atoms with Crippen molar-refractivity contribution in [3.63, 3.8) is 0 Å². The molecular formula is C21H17N5O2S. The van der Waals surface area contributed by atoms with Gasteiger partial charge in [0, 0.05) is 29.0 Å². The summed E-state index contributed by atoms with van der Waals surface area (Å²) >= 11 is 0. The molecule has 5 aromatic rings. The van der Waals surface area contributed by atoms with Gasteiger partial charge in [-0.2, -0.15) is 14.8 Å². The molecule has 0 atom stereocenters. The van der Waals surface area contributed by atoms with Crippen LogP contribution in [0, 0.1) is 0 Å². The van der Waals surface area contributed by atoms with Crippen LogP contribution in [0.5, 0.6) is 0 Å². The minimum Gasteiger partial charge on any atom is -0.237 e. The third kappa shape index (κ3) is 2.64. The maximum absolute atomic E-state index is 13.4. The second-order valence-electron chi connectivity index (χ2n) is 6.62. The number of aryl methyl sites for hydroxylation is 1. The largest absolute Gasteiger partial charge is 0.269 e. The van der Waals surface area contributed by atoms with Crippen LogP contribution >= 0.6 is 0 Å². The van der Waals surface area contributed by atoms with Crippen molar-refractivity contribution in [2.75, 3.05) is 0 Å². The van der Waals surface area contributed by atoms with E-state index in [1.165, 1.54) is 3.97 Å². The topological polar surface area (TPSA) is 82.2 Å². The van der Waals surface area contributed by atoms with Crippen LogP contribution in [0.15, 0.2) is 78.1 Å². The van der Waals surface area contributed by atoms with Gasteiger partial charge in [-0.15, -0.1) is 0 Å². The molecule has 0 fully saturated rings. The number of aromatic nitrogens is 5. The summed E-state index contributed by atoms with van der Waals surface area (Å²) in [6, 6.07) is 16.0. The average molecular weight is 403 g/mol. The van der Waals surface area contributed by atoms with Gasteiger partial charge in [0.2, 0.25) is 0 Å². The van der Waals surface area contributed by atoms with E-state index in [0.29, 0.717) is 17.8 Å². The SMILES string of the molecule is CCc1cc2c(-c3cnn4ncccc34)ccnc2n1S(=O)(=O)c1ccccc1. The Hall–Kier alpha value is -3.52. The van der Waals surface area contributed by atoms with Gasteiger partial charge in [-0.3, -0.25) is 0 Å². The molecule has 0 aliphatic carbocycles. The van der Waals surface area contributed by atoms with E-state index in [9.17, 15) is 8.42 Å². The van der Waals surface area contributed by atoms with Crippen molar-refractivity contribution in [1.29, 1.82) is 0 Å². The highest BCUT2D eigenvalue weighted by molar-refractivity contribution is 7.90. The lowest BCUT2D eigenvalue weighted by atomic mass is 10.1. The molecule has 0 amide bonds. The molecule has 5 rings (SSSR count). The van der Waals surface area contributed by atoms with Crippen LogP contribution in [0.1, 0.15) is 12.6 Å². The minimum atomic E-state index is -3.77. The van der Waals surface area contributed by atoms with Crippen molar-refractivity contribution in [2.45, 2.75) is 18.2 Å². The van der Waals surface area contributed by atoms with Gasteiger partial charge in [0.1, 0.15) is 0 Å². The van der Waals surface area contributed by atoms with Crippen LogP contribution in [0.4, 0.5) is 0 Å². The van der Waals surface area contributed by atoms with Crippen LogP contribution in [0.2, 0.25) is 0 Å². The summed E-state index contributed by atoms with van der Waals surface area (Å²) in [4.78, 5) is 4.67. The Kier molecular flexibility index (Phi) is 3.95. The Balaban J connectivity index is 1.82. The van der Waals surface area contributed by atoms with E-state index in [4.69, 9.17) is 0 Å². The first-order chi connectivity index (χ1) is 14.1. The monoisotopic (exact) mass is 403 g/mol. The van der Waals surface area contributed by atoms with Gasteiger partial charge in [-0.1, -0.05) is 25.1 Å². The third-order valence-electron chi connectivity index (χ3n) is 4.97. The van der Waals surface area contributed by atoms with Crippen LogP contribution < -0.4 is 0 Å². The number of hydrogen-bond donors (Lipinski definition) is 0. The van der Waals surface area contributed by atoms with Crippen molar-refractivity contribution in [3.8, 4) is 11.1 Å². The molecule has 144 valence electrons. The molecule has 29 heavy (non-hydrogen) atoms. The maximum atomic E-state index is 13.4. The average Bonchev–Trinajstić information content (AvgIpc) is 3.36. The van der Waals surface area contributed by atoms with Crippen molar-refractivity contribution in [1.82, 2.24) is 23.8 Å². The lowest BCUT2D eigenvalue weighted by Crippen LogP contribution is -2.15. The Morgan fingerprint density at radius 1 is 0.931 bits per heavy atom. The van der Waals surface area contributed by atoms with Crippen LogP contribution in [-0.4, -0.2) is 32.2 Å². The molecule has 7 nitrogen and oxygen atoms in total. The quantitative estimate of drug-likeness (QED) is 0.458. The van der Waals surface area contributed by atoms with Crippen molar-refractivity contribution in [3.05, 3.63) is 78.9 Å². The molecule has 0 N–H and O–H groups in total. The van der Waals surface area contributed by atoms with Crippen LogP contribution in [-0.2, 0) is 16.4 Å². The first kappa shape index (κ1) is 17.6. The van der Waals surface area contributed by atoms with Gasteiger partial charge in [0.15, 0.2) is 5.65 Å². The number of hydrogen-bond acceptors (Lipinski definition) is 5. The lowest BCUT2D eigenvalue weighted by Gasteiger charge is -2.10. The fraction of sp³-hybridized carbons (Fsp3) is 0.0952. The Morgan fingerprint density at radius 2 is 1.76 bits per heavy atom. The number of fused-ring (bicyclic) bond motifs is 2. The normalized spacial score (nSPS) is 12.0. The second kappa shape index (κ2) is 6.52. The molecule has 0 unspecified atom stereocenters. The Morgan fingerprint density at radius 3 is 2.55 bits per heavy atom. The van der Waals surface area contributed by atoms with Gasteiger partial charge >= 0.3 is 0 Å². The van der Waals surface area contributed by atoms with E-state index in [0.717, 1.165) is 22.0 Å². The first-order valence-corrected chi connectivity index (χ1v) is 10.6. The van der Waals surface area contributed by atoms with Crippen LogP contribution in [0.25, 0.3) is 27.7 Å². The fourth-order valence-corrected chi connectivity index (χ4v) is 5.19. The molecule has 0 saturated carbocycles. The molecule has 1 aromatic carbocycles. The summed E-state index contributed by atoms with van der Waals surface area (Å²) in [6.07, 6.45) is 5.60. The smallest absolute Gasteiger partial charge is 0.237 e. The highest BCUT2D eigenvalue weighted by atomic mass is 32.2. The molecule has 8 heteroatoms. The Labute approximate surface area is 167 Å². The summed E-state index contributed by atoms with van der Waals surface area (Å²) in [7, 11) is -3.77. The zero-order valence-corrected chi connectivity index (χ0v) is 16.4. The van der Waals surface area contributed by atoms with E-state index in [1.807, 2.05) is 31.2 Å². The summed E-state index contributed by atoms with van der Waals surface area (Å²) < 4.78 is 29.7. The van der Waals surface area contributed by atoms with Gasteiger partial charge in [-0.05, 0) is 48.4 Å². The minimum absolute atomic E-state index is 0.236. The zero-order valence-electron chi connectivity index (χ0n) is 15.6. The van der Waals surface area contributed by atoms with Gasteiger partial charge in [0.25, 0.3) is 10.0 Å². The van der Waals surface area contributed by atoms with Gasteiger partial charge in [0.05, 0.1) is 16.6 Å². The fourth-order valence-electron chi connectivity index (χ4n) is 3.61. The number of benzene rings is 1. The molecule has 0 spiro atoms. The Bertz CT molecular complexity index is 1450. The van der Waals surface area contributed by atoms with Gasteiger partial charge < -0.3 is 0 Å². The molecular weight excluding hydrogens is 386 g/mol. The van der Waals surface area contributed by atoms with Gasteiger partial charge in [-0.25, -0.2) is 17.4 Å². The zero-order chi connectivity index (χ0) is 20.0. The number of nitrogens with zero attached hydrogens (tertiary/aromatic N) is 5. The molecule has 0 aliphatic heterocycles. The van der Waals surface area contributed by atoms with E-state index in [-0.39, 0.29) is 4.90 Å². The summed E-state index contributed by atoms with van der Waals surface area (Å²) in [5.74, 6) is 0. The summed E-state index contributed by atoms with van der Waals surface area (Å²) in [5, 5.41) is 9.29. The summed E-state index contributed by atoms with van der Waals surface area (Å²) in [6.45, 7) is 1.93. The van der Waals surface area contributed by atoms with E-state index in [1.54, 1.807) is 53.6 Å². The maximum Gasteiger partial charge on any atom is 0.269 e. The van der Waals surface area contributed by atoms with Crippen molar-refractivity contribution >= 4 is 26.6 Å². The van der Waals surface area contributed by atoms with E-state index >= 15 is 0 Å². The third-order valence-corrected chi connectivity index (χ3v) is 6.73. The van der Waals surface area contributed by atoms with Crippen molar-refractivity contribution < 1.29 is 8.42 Å². The lowest BCUT2D eigenvalue weighted by molar-refractivity contribution is 0.587. The molecule has 0 radical (unpaired) electrons. The van der Waals surface area contributed by atoms with E-state index < -0.39 is 10.0 Å². The first-order valence-electron chi connectivity index (χ1n) is 9.20. The molecule has 0 saturated heterocycles. The molecule has 0 bridgehead atoms. The standard InChI is InChI=1S/C21H17N5O2S/c1-2-15-13-18-17(19-14-24-26-20(19)9-6-11-23-26)10-12-22-21(18)25(15)29(27,28)16-7-4-3-5-8-16/h3-14H,2H2,1H3. The summed E-state index contributed by atoms with van der Waals surface area (Å²) in [5.41, 5.74) is 3.68. The highest BCUT2D eigenvalue weighted by Gasteiger charge is 2.25. The number of pyridine rings is 1. The highest BCUT2D eigenvalue weighted by Crippen LogP contribution is 2.34. The van der Waals surface area contributed by atoms with E-state index in [2.05, 4.69) is 15.2 Å². The predicted molar refractivity (Wildman–Crippen MR) is 110 cm³/mol.